The number of allylic oxidation sites excluding steroid dienone is 2. The molecule has 0 aromatic heterocycles. The molecule has 0 nitrogen and oxygen atoms in total. The molecule has 0 saturated carbocycles. The number of halogens is 10. The molecule has 18 heavy (non-hydrogen) atoms. The zero-order valence-corrected chi connectivity index (χ0v) is 11.5. The molecule has 0 aromatic carbocycles. The van der Waals surface area contributed by atoms with Gasteiger partial charge in [0.15, 0.2) is 0 Å². The van der Waals surface area contributed by atoms with E-state index in [1.54, 1.807) is 0 Å². The van der Waals surface area contributed by atoms with E-state index < -0.39 is 21.5 Å². The maximum absolute atomic E-state index is 11.7. The third-order valence-corrected chi connectivity index (χ3v) is 2.33. The van der Waals surface area contributed by atoms with Crippen molar-refractivity contribution in [3.63, 3.8) is 0 Å². The van der Waals surface area contributed by atoms with Crippen molar-refractivity contribution in [2.24, 2.45) is 0 Å². The molecule has 108 valence electrons. The van der Waals surface area contributed by atoms with Crippen molar-refractivity contribution in [2.75, 3.05) is 0 Å². The lowest BCUT2D eigenvalue weighted by molar-refractivity contribution is -0.111. The second kappa shape index (κ2) is 6.36. The van der Waals surface area contributed by atoms with Crippen LogP contribution < -0.4 is 0 Å². The normalized spacial score (nSPS) is 13.4. The topological polar surface area (TPSA) is 0 Å². The van der Waals surface area contributed by atoms with Crippen LogP contribution in [-0.4, -0.2) is 21.5 Å². The van der Waals surface area contributed by atoms with Crippen molar-refractivity contribution in [3.8, 4) is 0 Å². The first-order valence-electron chi connectivity index (χ1n) is 3.78. The quantitative estimate of drug-likeness (QED) is 0.320. The van der Waals surface area contributed by atoms with E-state index in [-0.39, 0.29) is 12.2 Å². The summed E-state index contributed by atoms with van der Waals surface area (Å²) in [6, 6.07) is 0. The lowest BCUT2D eigenvalue weighted by Gasteiger charge is -2.16. The van der Waals surface area contributed by atoms with E-state index in [2.05, 4.69) is 13.2 Å². The van der Waals surface area contributed by atoms with Crippen LogP contribution >= 0.6 is 31.9 Å². The number of rotatable bonds is 4. The van der Waals surface area contributed by atoms with Gasteiger partial charge in [0, 0.05) is 0 Å². The van der Waals surface area contributed by atoms with Gasteiger partial charge in [-0.3, -0.25) is 0 Å². The SMILES string of the molecule is C=CC(F)(F)C(F)(F)Br.C=CC(F)(F)C(F)(F)Br. The highest BCUT2D eigenvalue weighted by Crippen LogP contribution is 2.40. The van der Waals surface area contributed by atoms with Crippen molar-refractivity contribution in [1.82, 2.24) is 0 Å². The Kier molecular flexibility index (Phi) is 7.13. The molecular formula is C8H6Br2F8. The standard InChI is InChI=1S/2C4H3BrF4/c2*1-2-3(6,7)4(5,8)9/h2*2H,1H2. The summed E-state index contributed by atoms with van der Waals surface area (Å²) in [4.78, 5) is -8.39. The third kappa shape index (κ3) is 6.17. The van der Waals surface area contributed by atoms with E-state index in [4.69, 9.17) is 0 Å². The molecule has 0 fully saturated rings. The first kappa shape index (κ1) is 20.2. The molecule has 0 amide bonds. The van der Waals surface area contributed by atoms with Crippen LogP contribution in [0, 0.1) is 0 Å². The summed E-state index contributed by atoms with van der Waals surface area (Å²) in [5.41, 5.74) is 0. The summed E-state index contributed by atoms with van der Waals surface area (Å²) in [5.74, 6) is -8.35. The molecule has 10 heteroatoms. The summed E-state index contributed by atoms with van der Waals surface area (Å²) in [6.07, 6.45) is -0.219. The van der Waals surface area contributed by atoms with Crippen LogP contribution in [0.5, 0.6) is 0 Å². The van der Waals surface area contributed by atoms with Crippen LogP contribution in [0.25, 0.3) is 0 Å². The van der Waals surface area contributed by atoms with E-state index in [1.165, 1.54) is 31.9 Å². The Hall–Kier alpha value is -0.120. The Labute approximate surface area is 114 Å². The van der Waals surface area contributed by atoms with E-state index in [0.717, 1.165) is 0 Å². The van der Waals surface area contributed by atoms with E-state index in [0.29, 0.717) is 0 Å². The van der Waals surface area contributed by atoms with Crippen molar-refractivity contribution in [2.45, 2.75) is 21.5 Å². The van der Waals surface area contributed by atoms with Gasteiger partial charge in [0.1, 0.15) is 0 Å². The Morgan fingerprint density at radius 1 is 0.611 bits per heavy atom. The minimum atomic E-state index is -4.19. The molecule has 0 rings (SSSR count). The van der Waals surface area contributed by atoms with Crippen molar-refractivity contribution in [3.05, 3.63) is 25.3 Å². The first-order chi connectivity index (χ1) is 7.62. The zero-order valence-electron chi connectivity index (χ0n) is 8.35. The third-order valence-electron chi connectivity index (χ3n) is 1.27. The molecule has 0 N–H and O–H groups in total. The minimum absolute atomic E-state index is 0.109. The molecule has 0 aliphatic carbocycles. The van der Waals surface area contributed by atoms with Gasteiger partial charge in [-0.1, -0.05) is 13.2 Å². The van der Waals surface area contributed by atoms with Gasteiger partial charge in [-0.05, 0) is 44.0 Å². The van der Waals surface area contributed by atoms with Crippen LogP contribution in [-0.2, 0) is 0 Å². The van der Waals surface area contributed by atoms with Crippen molar-refractivity contribution in [1.29, 1.82) is 0 Å². The van der Waals surface area contributed by atoms with Gasteiger partial charge < -0.3 is 0 Å². The highest BCUT2D eigenvalue weighted by Gasteiger charge is 2.52. The summed E-state index contributed by atoms with van der Waals surface area (Å²) in [7, 11) is 0. The first-order valence-corrected chi connectivity index (χ1v) is 5.37. The zero-order chi connectivity index (χ0) is 15.4. The van der Waals surface area contributed by atoms with Gasteiger partial charge >= 0.3 is 21.5 Å². The van der Waals surface area contributed by atoms with Crippen LogP contribution in [0.2, 0.25) is 0 Å². The fraction of sp³-hybridized carbons (Fsp3) is 0.500. The number of hydrogen-bond acceptors (Lipinski definition) is 0. The van der Waals surface area contributed by atoms with E-state index in [1.807, 2.05) is 0 Å². The minimum Gasteiger partial charge on any atom is -0.194 e. The lowest BCUT2D eigenvalue weighted by Crippen LogP contribution is -2.32. The van der Waals surface area contributed by atoms with Gasteiger partial charge in [-0.2, -0.15) is 35.1 Å². The Morgan fingerprint density at radius 2 is 0.778 bits per heavy atom. The molecule has 0 saturated heterocycles. The molecule has 0 aliphatic rings. The van der Waals surface area contributed by atoms with Gasteiger partial charge in [-0.15, -0.1) is 0 Å². The van der Waals surface area contributed by atoms with Crippen molar-refractivity contribution >= 4 is 31.9 Å². The van der Waals surface area contributed by atoms with Crippen LogP contribution in [0.4, 0.5) is 35.1 Å². The molecule has 0 radical (unpaired) electrons. The maximum atomic E-state index is 11.7. The molecule has 0 aliphatic heterocycles. The average molecular weight is 414 g/mol. The molecule has 0 atom stereocenters. The Morgan fingerprint density at radius 3 is 0.778 bits per heavy atom. The fourth-order valence-electron chi connectivity index (χ4n) is 0.231. The van der Waals surface area contributed by atoms with Gasteiger partial charge in [-0.25, -0.2) is 0 Å². The maximum Gasteiger partial charge on any atom is 0.367 e. The summed E-state index contributed by atoms with van der Waals surface area (Å²) < 4.78 is 93.4. The van der Waals surface area contributed by atoms with E-state index in [9.17, 15) is 35.1 Å². The molecule has 0 unspecified atom stereocenters. The summed E-state index contributed by atoms with van der Waals surface area (Å²) in [6.45, 7) is 5.08. The largest absolute Gasteiger partial charge is 0.367 e. The smallest absolute Gasteiger partial charge is 0.194 e. The average Bonchev–Trinajstić information content (AvgIpc) is 2.15. The highest BCUT2D eigenvalue weighted by atomic mass is 79.9. The summed E-state index contributed by atoms with van der Waals surface area (Å²) >= 11 is 3.01. The molecule has 0 heterocycles. The Balaban J connectivity index is 0. The molecule has 0 bridgehead atoms. The lowest BCUT2D eigenvalue weighted by atomic mass is 10.3. The second-order valence-electron chi connectivity index (χ2n) is 2.65. The summed E-state index contributed by atoms with van der Waals surface area (Å²) in [5, 5.41) is 0. The van der Waals surface area contributed by atoms with Gasteiger partial charge in [0.2, 0.25) is 0 Å². The Bertz CT molecular complexity index is 258. The number of alkyl halides is 10. The number of hydrogen-bond donors (Lipinski definition) is 0. The fourth-order valence-corrected chi connectivity index (χ4v) is 0.555. The molecular weight excluding hydrogens is 408 g/mol. The van der Waals surface area contributed by atoms with Crippen LogP contribution in [0.3, 0.4) is 0 Å². The monoisotopic (exact) mass is 412 g/mol. The van der Waals surface area contributed by atoms with Crippen molar-refractivity contribution < 1.29 is 35.1 Å². The molecule has 0 spiro atoms. The second-order valence-corrected chi connectivity index (χ2v) is 4.64. The van der Waals surface area contributed by atoms with Crippen LogP contribution in [0.1, 0.15) is 0 Å². The molecule has 0 aromatic rings. The van der Waals surface area contributed by atoms with E-state index >= 15 is 0 Å². The van der Waals surface area contributed by atoms with Gasteiger partial charge in [0.05, 0.1) is 0 Å². The van der Waals surface area contributed by atoms with Crippen LogP contribution in [0.15, 0.2) is 25.3 Å². The van der Waals surface area contributed by atoms with Gasteiger partial charge in [0.25, 0.3) is 0 Å². The highest BCUT2D eigenvalue weighted by molar-refractivity contribution is 9.10. The predicted molar refractivity (Wildman–Crippen MR) is 58.0 cm³/mol. The predicted octanol–water partition coefficient (Wildman–Crippen LogP) is 5.59.